The minimum Gasteiger partial charge on any atom is -0.387 e. The van der Waals surface area contributed by atoms with Crippen molar-refractivity contribution in [1.82, 2.24) is 14.5 Å². The highest BCUT2D eigenvalue weighted by atomic mass is 31.3. The van der Waals surface area contributed by atoms with E-state index in [-0.39, 0.29) is 12.4 Å². The maximum Gasteiger partial charge on any atom is 0.479 e. The van der Waals surface area contributed by atoms with Crippen LogP contribution in [0.25, 0.3) is 0 Å². The van der Waals surface area contributed by atoms with E-state index in [4.69, 9.17) is 10.5 Å². The largest absolute Gasteiger partial charge is 0.479 e. The molecule has 0 spiro atoms. The third kappa shape index (κ3) is 7.15. The quantitative estimate of drug-likeness (QED) is 0.129. The number of nitroso groups, excluding NO2 is 1. The van der Waals surface area contributed by atoms with E-state index >= 15 is 0 Å². The maximum absolute atomic E-state index is 14.8. The van der Waals surface area contributed by atoms with Crippen molar-refractivity contribution in [1.29, 1.82) is 0 Å². The lowest BCUT2D eigenvalue weighted by atomic mass is 9.99. The molecule has 0 saturated carbocycles. The van der Waals surface area contributed by atoms with Crippen LogP contribution in [0, 0.1) is 4.91 Å². The predicted octanol–water partition coefficient (Wildman–Crippen LogP) is -0.667. The smallest absolute Gasteiger partial charge is 0.387 e. The number of rotatable bonds is 12. The molecule has 0 radical (unpaired) electrons. The van der Waals surface area contributed by atoms with E-state index in [1.807, 2.05) is 0 Å². The summed E-state index contributed by atoms with van der Waals surface area (Å²) in [4.78, 5) is 58.9. The van der Waals surface area contributed by atoms with Crippen molar-refractivity contribution in [3.8, 4) is 0 Å². The molecule has 2 rings (SSSR count). The van der Waals surface area contributed by atoms with E-state index < -0.39 is 77.8 Å². The monoisotopic (exact) mass is 597 g/mol. The number of ether oxygens (including phenoxy) is 1. The Morgan fingerprint density at radius 3 is 2.51 bits per heavy atom. The van der Waals surface area contributed by atoms with Crippen molar-refractivity contribution >= 4 is 28.8 Å². The Bertz CT molecular complexity index is 1190. The summed E-state index contributed by atoms with van der Waals surface area (Å²) in [6, 6.07) is -0.157. The molecule has 2 heterocycles. The van der Waals surface area contributed by atoms with Gasteiger partial charge in [-0.3, -0.25) is 18.2 Å². The summed E-state index contributed by atoms with van der Waals surface area (Å²) in [6.07, 6.45) is -5.82. The highest BCUT2D eigenvalue weighted by molar-refractivity contribution is 7.77. The molecule has 1 fully saturated rings. The topological polar surface area (TPSA) is 274 Å². The van der Waals surface area contributed by atoms with Gasteiger partial charge in [0.15, 0.2) is 6.17 Å². The second-order valence-corrected chi connectivity index (χ2v) is 14.2. The lowest BCUT2D eigenvalue weighted by Crippen LogP contribution is -2.52. The van der Waals surface area contributed by atoms with Crippen molar-refractivity contribution in [3.05, 3.63) is 27.7 Å². The Hall–Kier alpha value is -1.46. The zero-order valence-corrected chi connectivity index (χ0v) is 22.1. The van der Waals surface area contributed by atoms with Gasteiger partial charge in [-0.15, -0.1) is 4.91 Å². The molecular weight excluding hydrogens is 570 g/mol. The Balaban J connectivity index is 2.14. The highest BCUT2D eigenvalue weighted by Crippen LogP contribution is 2.77. The normalized spacial score (nSPS) is 29.0. The van der Waals surface area contributed by atoms with Crippen molar-refractivity contribution in [2.75, 3.05) is 39.6 Å². The van der Waals surface area contributed by atoms with Gasteiger partial charge < -0.3 is 40.3 Å². The molecule has 1 saturated heterocycles. The van der Waals surface area contributed by atoms with Gasteiger partial charge in [0.2, 0.25) is 0 Å². The number of nitrogens with two attached hydrogens (primary N) is 1. The standard InChI is InChI=1S/C15H27FN5O13P3/c1-20(2)6-4-15(24,35(26,27)19-25)36(28,29)34-37(30,31)33-8-10-13(22)12(16)9(7-32-10)21-5-3-11(17)18-14(21)23/h3,5,9-10,12-13,22,24H,4,6-8H2,1-2H3,(H,26,27)(H,28,29)(H,30,31)(H2,17,18,23)/t9?,10?,12?,13-,15?/m0/s1. The first-order valence-electron chi connectivity index (χ1n) is 10.2. The van der Waals surface area contributed by atoms with Crippen molar-refractivity contribution in [2.45, 2.75) is 35.9 Å². The summed E-state index contributed by atoms with van der Waals surface area (Å²) in [7, 11) is -14.7. The molecule has 0 aromatic carbocycles. The molecule has 7 N–H and O–H groups in total. The van der Waals surface area contributed by atoms with E-state index in [1.54, 1.807) is 4.95 Å². The summed E-state index contributed by atoms with van der Waals surface area (Å²) >= 11 is 0. The van der Waals surface area contributed by atoms with Crippen LogP contribution in [0.15, 0.2) is 22.0 Å². The molecule has 1 aliphatic heterocycles. The fourth-order valence-electron chi connectivity index (χ4n) is 3.19. The van der Waals surface area contributed by atoms with Crippen LogP contribution in [0.3, 0.4) is 0 Å². The zero-order valence-electron chi connectivity index (χ0n) is 19.4. The lowest BCUT2D eigenvalue weighted by Gasteiger charge is -2.37. The summed E-state index contributed by atoms with van der Waals surface area (Å²) in [5, 5.41) is 16.9. The van der Waals surface area contributed by atoms with Gasteiger partial charge in [0.25, 0.3) is 5.08 Å². The van der Waals surface area contributed by atoms with Crippen LogP contribution in [-0.4, -0.2) is 96.7 Å². The summed E-state index contributed by atoms with van der Waals surface area (Å²) in [5.74, 6) is -0.129. The van der Waals surface area contributed by atoms with Gasteiger partial charge in [0.1, 0.15) is 18.0 Å². The first-order chi connectivity index (χ1) is 16.9. The number of hydrogen-bond donors (Lipinski definition) is 6. The van der Waals surface area contributed by atoms with E-state index in [2.05, 4.69) is 13.8 Å². The molecule has 1 aliphatic rings. The van der Waals surface area contributed by atoms with Crippen molar-refractivity contribution in [2.24, 2.45) is 4.95 Å². The third-order valence-electron chi connectivity index (χ3n) is 5.30. The first-order valence-corrected chi connectivity index (χ1v) is 14.9. The van der Waals surface area contributed by atoms with Gasteiger partial charge in [0, 0.05) is 24.1 Å². The average molecular weight is 597 g/mol. The molecule has 1 aromatic rings. The van der Waals surface area contributed by atoms with Crippen molar-refractivity contribution in [3.63, 3.8) is 0 Å². The second-order valence-electron chi connectivity index (χ2n) is 8.24. The molecule has 0 amide bonds. The van der Waals surface area contributed by atoms with Gasteiger partial charge in [-0.25, -0.2) is 18.1 Å². The number of alkyl halides is 1. The number of phosphoric ester groups is 1. The van der Waals surface area contributed by atoms with Gasteiger partial charge in [0.05, 0.1) is 19.3 Å². The molecule has 22 heteroatoms. The predicted molar refractivity (Wildman–Crippen MR) is 123 cm³/mol. The Labute approximate surface area is 208 Å². The van der Waals surface area contributed by atoms with Crippen LogP contribution in [0.5, 0.6) is 0 Å². The van der Waals surface area contributed by atoms with Gasteiger partial charge in [-0.05, 0) is 20.2 Å². The molecular formula is C15H27FN5O13P3. The number of nitrogens with zero attached hydrogens (tertiary/aromatic N) is 4. The molecule has 1 aromatic heterocycles. The second kappa shape index (κ2) is 11.7. The number of anilines is 1. The van der Waals surface area contributed by atoms with E-state index in [1.165, 1.54) is 25.1 Å². The van der Waals surface area contributed by atoms with Crippen LogP contribution in [0.1, 0.15) is 12.5 Å². The number of halogens is 1. The van der Waals surface area contributed by atoms with Gasteiger partial charge >= 0.3 is 28.6 Å². The summed E-state index contributed by atoms with van der Waals surface area (Å²) in [6.45, 7) is -2.03. The fourth-order valence-corrected chi connectivity index (χ4v) is 8.02. The maximum atomic E-state index is 14.8. The Kier molecular flexibility index (Phi) is 10.1. The molecule has 7 unspecified atom stereocenters. The molecule has 0 aliphatic carbocycles. The number of aromatic nitrogens is 2. The minimum absolute atomic E-state index is 0.129. The summed E-state index contributed by atoms with van der Waals surface area (Å²) in [5.41, 5.74) is 4.44. The van der Waals surface area contributed by atoms with Crippen LogP contribution in [0.2, 0.25) is 0 Å². The fraction of sp³-hybridized carbons (Fsp3) is 0.733. The van der Waals surface area contributed by atoms with Gasteiger partial charge in [-0.1, -0.05) is 0 Å². The number of phosphoric acid groups is 1. The third-order valence-corrected chi connectivity index (χ3v) is 11.5. The Morgan fingerprint density at radius 2 is 1.97 bits per heavy atom. The molecule has 18 nitrogen and oxygen atoms in total. The summed E-state index contributed by atoms with van der Waals surface area (Å²) < 4.78 is 66.4. The van der Waals surface area contributed by atoms with Crippen molar-refractivity contribution < 1.29 is 56.6 Å². The van der Waals surface area contributed by atoms with E-state index in [9.17, 15) is 52.7 Å². The van der Waals surface area contributed by atoms with Crippen LogP contribution >= 0.6 is 22.9 Å². The van der Waals surface area contributed by atoms with Crippen LogP contribution in [0.4, 0.5) is 10.2 Å². The zero-order chi connectivity index (χ0) is 28.4. The molecule has 8 atom stereocenters. The number of aliphatic hydroxyl groups excluding tert-OH is 1. The minimum atomic E-state index is -6.04. The van der Waals surface area contributed by atoms with Crippen LogP contribution in [-0.2, 0) is 27.3 Å². The lowest BCUT2D eigenvalue weighted by molar-refractivity contribution is -0.148. The Morgan fingerprint density at radius 1 is 1.35 bits per heavy atom. The highest BCUT2D eigenvalue weighted by Gasteiger charge is 2.64. The average Bonchev–Trinajstić information content (AvgIpc) is 2.78. The number of aliphatic hydroxyl groups is 2. The molecule has 37 heavy (non-hydrogen) atoms. The van der Waals surface area contributed by atoms with E-state index in [0.29, 0.717) is 0 Å². The first kappa shape index (κ1) is 31.8. The van der Waals surface area contributed by atoms with Gasteiger partial charge in [-0.2, -0.15) is 4.98 Å². The number of nitrogen functional groups attached to an aromatic ring is 1. The SMILES string of the molecule is CN(C)CCC(O)(P(=O)(O)N=O)P(=O)(O)OP(=O)(O)OCC1OCC(n2ccc(N)nc2=O)C(F)[C@H]1O. The van der Waals surface area contributed by atoms with E-state index in [0.717, 1.165) is 10.8 Å². The molecule has 212 valence electrons. The number of hydrogen-bond acceptors (Lipinski definition) is 13. The molecule has 0 bridgehead atoms. The van der Waals surface area contributed by atoms with Crippen LogP contribution < -0.4 is 11.4 Å².